The highest BCUT2D eigenvalue weighted by Crippen LogP contribution is 2.29. The van der Waals surface area contributed by atoms with Crippen molar-refractivity contribution in [3.63, 3.8) is 0 Å². The fraction of sp³-hybridized carbons (Fsp3) is 0.412. The molecule has 1 saturated carbocycles. The van der Waals surface area contributed by atoms with Crippen LogP contribution in [0.5, 0.6) is 0 Å². The fourth-order valence-electron chi connectivity index (χ4n) is 2.27. The number of rotatable bonds is 7. The number of hydrogen-bond donors (Lipinski definition) is 2. The molecule has 23 heavy (non-hydrogen) atoms. The smallest absolute Gasteiger partial charge is 0.232 e. The van der Waals surface area contributed by atoms with Crippen molar-refractivity contribution in [1.29, 1.82) is 0 Å². The minimum atomic E-state index is -0.922. The molecule has 2 rings (SSSR count). The molecule has 0 aromatic heterocycles. The third kappa shape index (κ3) is 5.08. The molecular formula is C17H19FN2O3. The fourth-order valence-corrected chi connectivity index (χ4v) is 2.27. The number of hydrogen-bond acceptors (Lipinski definition) is 3. The highest BCUT2D eigenvalue weighted by molar-refractivity contribution is 5.97. The van der Waals surface area contributed by atoms with Crippen LogP contribution in [-0.4, -0.2) is 41.0 Å². The lowest BCUT2D eigenvalue weighted by Crippen LogP contribution is -2.39. The summed E-state index contributed by atoms with van der Waals surface area (Å²) in [6, 6.07) is 5.53. The van der Waals surface area contributed by atoms with E-state index in [2.05, 4.69) is 11.2 Å². The molecule has 1 aliphatic rings. The second-order valence-corrected chi connectivity index (χ2v) is 5.50. The molecule has 122 valence electrons. The maximum Gasteiger partial charge on any atom is 0.232 e. The highest BCUT2D eigenvalue weighted by atomic mass is 19.1. The largest absolute Gasteiger partial charge is 0.387 e. The summed E-state index contributed by atoms with van der Waals surface area (Å²) in [6.07, 6.45) is 5.54. The Labute approximate surface area is 134 Å². The van der Waals surface area contributed by atoms with Gasteiger partial charge in [0.05, 0.1) is 19.2 Å². The lowest BCUT2D eigenvalue weighted by atomic mass is 10.1. The van der Waals surface area contributed by atoms with Crippen molar-refractivity contribution in [3.8, 4) is 12.3 Å². The summed E-state index contributed by atoms with van der Waals surface area (Å²) in [7, 11) is 0. The van der Waals surface area contributed by atoms with Gasteiger partial charge in [-0.25, -0.2) is 4.39 Å². The summed E-state index contributed by atoms with van der Waals surface area (Å²) in [6.45, 7) is 0.158. The second kappa shape index (κ2) is 7.75. The summed E-state index contributed by atoms with van der Waals surface area (Å²) in [4.78, 5) is 25.4. The Morgan fingerprint density at radius 1 is 1.39 bits per heavy atom. The van der Waals surface area contributed by atoms with Crippen LogP contribution in [0.3, 0.4) is 0 Å². The van der Waals surface area contributed by atoms with Crippen molar-refractivity contribution < 1.29 is 19.1 Å². The normalized spacial score (nSPS) is 14.7. The molecule has 0 heterocycles. The number of carbonyl (C=O) groups excluding carboxylic acids is 2. The van der Waals surface area contributed by atoms with E-state index in [1.165, 1.54) is 29.2 Å². The van der Waals surface area contributed by atoms with Crippen molar-refractivity contribution in [2.75, 3.05) is 13.1 Å². The number of halogens is 1. The SMILES string of the molecule is C#CCNC(=O)CC(=O)N(CC(O)c1ccc(F)cc1)C1CC1. The summed E-state index contributed by atoms with van der Waals surface area (Å²) in [5.74, 6) is 1.10. The first-order chi connectivity index (χ1) is 11.0. The molecular weight excluding hydrogens is 299 g/mol. The summed E-state index contributed by atoms with van der Waals surface area (Å²) in [5, 5.41) is 12.7. The standard InChI is InChI=1S/C17H19FN2O3/c1-2-9-19-16(22)10-17(23)20(14-7-8-14)11-15(21)12-3-5-13(18)6-4-12/h1,3-6,14-15,21H,7-11H2,(H,19,22). The van der Waals surface area contributed by atoms with Crippen LogP contribution in [-0.2, 0) is 9.59 Å². The van der Waals surface area contributed by atoms with Crippen LogP contribution in [0, 0.1) is 18.2 Å². The Hall–Kier alpha value is -2.39. The van der Waals surface area contributed by atoms with Crippen molar-refractivity contribution in [3.05, 3.63) is 35.6 Å². The Morgan fingerprint density at radius 2 is 2.04 bits per heavy atom. The van der Waals surface area contributed by atoms with Gasteiger partial charge in [0.2, 0.25) is 11.8 Å². The van der Waals surface area contributed by atoms with Crippen molar-refractivity contribution in [2.24, 2.45) is 0 Å². The van der Waals surface area contributed by atoms with Gasteiger partial charge >= 0.3 is 0 Å². The predicted molar refractivity (Wildman–Crippen MR) is 82.6 cm³/mol. The molecule has 1 aromatic rings. The second-order valence-electron chi connectivity index (χ2n) is 5.50. The van der Waals surface area contributed by atoms with Crippen LogP contribution in [0.15, 0.2) is 24.3 Å². The van der Waals surface area contributed by atoms with E-state index < -0.39 is 12.0 Å². The lowest BCUT2D eigenvalue weighted by molar-refractivity contribution is -0.137. The zero-order valence-corrected chi connectivity index (χ0v) is 12.7. The number of aliphatic hydroxyl groups excluding tert-OH is 1. The number of terminal acetylenes is 1. The van der Waals surface area contributed by atoms with Crippen molar-refractivity contribution in [2.45, 2.75) is 31.4 Å². The van der Waals surface area contributed by atoms with Crippen LogP contribution in [0.4, 0.5) is 4.39 Å². The molecule has 0 spiro atoms. The molecule has 1 atom stereocenters. The van der Waals surface area contributed by atoms with E-state index in [4.69, 9.17) is 6.42 Å². The molecule has 2 amide bonds. The van der Waals surface area contributed by atoms with Crippen LogP contribution in [0.2, 0.25) is 0 Å². The highest BCUT2D eigenvalue weighted by Gasteiger charge is 2.34. The van der Waals surface area contributed by atoms with Crippen molar-refractivity contribution in [1.82, 2.24) is 10.2 Å². The maximum absolute atomic E-state index is 12.9. The lowest BCUT2D eigenvalue weighted by Gasteiger charge is -2.25. The Balaban J connectivity index is 1.95. The Kier molecular flexibility index (Phi) is 5.72. The van der Waals surface area contributed by atoms with Gasteiger partial charge < -0.3 is 15.3 Å². The molecule has 2 N–H and O–H groups in total. The Bertz CT molecular complexity index is 605. The van der Waals surface area contributed by atoms with Gasteiger partial charge in [-0.15, -0.1) is 6.42 Å². The van der Waals surface area contributed by atoms with Crippen LogP contribution < -0.4 is 5.32 Å². The molecule has 6 heteroatoms. The topological polar surface area (TPSA) is 69.6 Å². The average molecular weight is 318 g/mol. The van der Waals surface area contributed by atoms with Gasteiger partial charge in [0.15, 0.2) is 0 Å². The molecule has 0 bridgehead atoms. The number of nitrogens with one attached hydrogen (secondary N) is 1. The first-order valence-corrected chi connectivity index (χ1v) is 7.44. The van der Waals surface area contributed by atoms with Gasteiger partial charge in [-0.3, -0.25) is 9.59 Å². The molecule has 0 saturated heterocycles. The molecule has 0 aliphatic heterocycles. The zero-order chi connectivity index (χ0) is 16.8. The van der Waals surface area contributed by atoms with Crippen LogP contribution >= 0.6 is 0 Å². The Morgan fingerprint density at radius 3 is 2.61 bits per heavy atom. The third-order valence-electron chi connectivity index (χ3n) is 3.63. The first kappa shape index (κ1) is 17.0. The van der Waals surface area contributed by atoms with Crippen molar-refractivity contribution >= 4 is 11.8 Å². The third-order valence-corrected chi connectivity index (χ3v) is 3.63. The van der Waals surface area contributed by atoms with E-state index in [-0.39, 0.29) is 37.3 Å². The number of amides is 2. The molecule has 1 unspecified atom stereocenters. The average Bonchev–Trinajstić information content (AvgIpc) is 3.35. The molecule has 1 fully saturated rings. The molecule has 0 radical (unpaired) electrons. The van der Waals surface area contributed by atoms with Gasteiger partial charge in [-0.2, -0.15) is 0 Å². The van der Waals surface area contributed by atoms with Gasteiger partial charge in [0.25, 0.3) is 0 Å². The van der Waals surface area contributed by atoms with Gasteiger partial charge in [-0.1, -0.05) is 18.1 Å². The van der Waals surface area contributed by atoms with E-state index in [0.717, 1.165) is 12.8 Å². The minimum Gasteiger partial charge on any atom is -0.387 e. The van der Waals surface area contributed by atoms with E-state index in [0.29, 0.717) is 5.56 Å². The maximum atomic E-state index is 12.9. The van der Waals surface area contributed by atoms with Gasteiger partial charge in [0.1, 0.15) is 12.2 Å². The number of benzene rings is 1. The van der Waals surface area contributed by atoms with E-state index in [1.807, 2.05) is 0 Å². The van der Waals surface area contributed by atoms with Crippen LogP contribution in [0.25, 0.3) is 0 Å². The first-order valence-electron chi connectivity index (χ1n) is 7.44. The molecule has 1 aromatic carbocycles. The minimum absolute atomic E-state index is 0.0537. The van der Waals surface area contributed by atoms with Gasteiger partial charge in [-0.05, 0) is 30.5 Å². The molecule has 5 nitrogen and oxygen atoms in total. The summed E-state index contributed by atoms with van der Waals surface area (Å²) < 4.78 is 12.9. The van der Waals surface area contributed by atoms with E-state index in [1.54, 1.807) is 0 Å². The molecule has 1 aliphatic carbocycles. The van der Waals surface area contributed by atoms with Gasteiger partial charge in [0, 0.05) is 6.04 Å². The van der Waals surface area contributed by atoms with E-state index >= 15 is 0 Å². The quantitative estimate of drug-likeness (QED) is 0.582. The monoisotopic (exact) mass is 318 g/mol. The number of nitrogens with zero attached hydrogens (tertiary/aromatic N) is 1. The summed E-state index contributed by atoms with van der Waals surface area (Å²) in [5.41, 5.74) is 0.529. The summed E-state index contributed by atoms with van der Waals surface area (Å²) >= 11 is 0. The number of aliphatic hydroxyl groups is 1. The van der Waals surface area contributed by atoms with E-state index in [9.17, 15) is 19.1 Å². The number of carbonyl (C=O) groups is 2. The van der Waals surface area contributed by atoms with Crippen LogP contribution in [0.1, 0.15) is 30.9 Å². The zero-order valence-electron chi connectivity index (χ0n) is 12.7. The predicted octanol–water partition coefficient (Wildman–Crippen LogP) is 0.990.